The normalized spacial score (nSPS) is 18.3. The number of thiophene rings is 1. The van der Waals surface area contributed by atoms with Gasteiger partial charge < -0.3 is 10.6 Å². The summed E-state index contributed by atoms with van der Waals surface area (Å²) in [6.45, 7) is 8.99. The third kappa shape index (κ3) is 2.71. The van der Waals surface area contributed by atoms with Gasteiger partial charge in [-0.25, -0.2) is 4.98 Å². The van der Waals surface area contributed by atoms with Gasteiger partial charge in [-0.1, -0.05) is 27.2 Å². The Hall–Kier alpha value is -1.36. The highest BCUT2D eigenvalue weighted by Crippen LogP contribution is 2.38. The zero-order chi connectivity index (χ0) is 15.0. The summed E-state index contributed by atoms with van der Waals surface area (Å²) in [4.78, 5) is 13.7. The standard InChI is InChI=1S/C16H24N4S/c1-4-11-10-12-13(18-15(17)19-14(12)21-11)20-8-6-16(3,5-2)7-9-20/h10H,4-9H2,1-3H3,(H2,17,18,19). The number of nitrogens with two attached hydrogens (primary N) is 1. The third-order valence-electron chi connectivity index (χ3n) is 4.91. The molecule has 1 aliphatic rings. The molecule has 3 heterocycles. The number of anilines is 2. The van der Waals surface area contributed by atoms with Crippen LogP contribution < -0.4 is 10.6 Å². The minimum absolute atomic E-state index is 0.394. The number of nitrogen functional groups attached to an aromatic ring is 1. The van der Waals surface area contributed by atoms with Gasteiger partial charge in [-0.2, -0.15) is 4.98 Å². The van der Waals surface area contributed by atoms with Gasteiger partial charge in [0.1, 0.15) is 10.6 Å². The van der Waals surface area contributed by atoms with E-state index in [0.29, 0.717) is 11.4 Å². The first-order chi connectivity index (χ1) is 10.0. The molecule has 0 aromatic carbocycles. The molecule has 1 fully saturated rings. The van der Waals surface area contributed by atoms with Crippen molar-refractivity contribution in [1.82, 2.24) is 9.97 Å². The van der Waals surface area contributed by atoms with E-state index in [-0.39, 0.29) is 0 Å². The Bertz CT molecular complexity index is 641. The van der Waals surface area contributed by atoms with E-state index >= 15 is 0 Å². The molecule has 0 radical (unpaired) electrons. The smallest absolute Gasteiger partial charge is 0.223 e. The Morgan fingerprint density at radius 2 is 2.00 bits per heavy atom. The summed E-state index contributed by atoms with van der Waals surface area (Å²) in [6.07, 6.45) is 4.73. The number of nitrogens with zero attached hydrogens (tertiary/aromatic N) is 3. The lowest BCUT2D eigenvalue weighted by Gasteiger charge is -2.39. The fourth-order valence-electron chi connectivity index (χ4n) is 3.00. The van der Waals surface area contributed by atoms with Gasteiger partial charge in [-0.15, -0.1) is 11.3 Å². The lowest BCUT2D eigenvalue weighted by atomic mass is 9.78. The molecule has 2 aromatic rings. The van der Waals surface area contributed by atoms with Crippen LogP contribution in [0.4, 0.5) is 11.8 Å². The van der Waals surface area contributed by atoms with Crippen LogP contribution in [0.5, 0.6) is 0 Å². The summed E-state index contributed by atoms with van der Waals surface area (Å²) in [5, 5.41) is 1.17. The number of fused-ring (bicyclic) bond motifs is 1. The summed E-state index contributed by atoms with van der Waals surface area (Å²) in [7, 11) is 0. The lowest BCUT2D eigenvalue weighted by Crippen LogP contribution is -2.39. The van der Waals surface area contributed by atoms with E-state index < -0.39 is 0 Å². The Morgan fingerprint density at radius 1 is 1.29 bits per heavy atom. The predicted octanol–water partition coefficient (Wildman–Crippen LogP) is 3.85. The number of hydrogen-bond donors (Lipinski definition) is 1. The second-order valence-corrected chi connectivity index (χ2v) is 7.46. The number of hydrogen-bond acceptors (Lipinski definition) is 5. The summed E-state index contributed by atoms with van der Waals surface area (Å²) >= 11 is 1.74. The van der Waals surface area contributed by atoms with Gasteiger partial charge in [0, 0.05) is 18.0 Å². The van der Waals surface area contributed by atoms with Gasteiger partial charge >= 0.3 is 0 Å². The topological polar surface area (TPSA) is 55.0 Å². The first-order valence-electron chi connectivity index (χ1n) is 7.85. The van der Waals surface area contributed by atoms with Crippen LogP contribution in [0.1, 0.15) is 44.9 Å². The number of piperidine rings is 1. The fourth-order valence-corrected chi connectivity index (χ4v) is 3.97. The van der Waals surface area contributed by atoms with Crippen LogP contribution in [0, 0.1) is 5.41 Å². The monoisotopic (exact) mass is 304 g/mol. The molecule has 0 spiro atoms. The molecule has 2 aromatic heterocycles. The molecule has 0 bridgehead atoms. The minimum atomic E-state index is 0.394. The van der Waals surface area contributed by atoms with Crippen LogP contribution in [0.3, 0.4) is 0 Å². The predicted molar refractivity (Wildman–Crippen MR) is 91.1 cm³/mol. The zero-order valence-electron chi connectivity index (χ0n) is 13.1. The average Bonchev–Trinajstić information content (AvgIpc) is 2.90. The van der Waals surface area contributed by atoms with Crippen molar-refractivity contribution in [1.29, 1.82) is 0 Å². The van der Waals surface area contributed by atoms with Crippen LogP contribution in [-0.4, -0.2) is 23.1 Å². The van der Waals surface area contributed by atoms with Gasteiger partial charge in [0.05, 0.1) is 5.39 Å². The van der Waals surface area contributed by atoms with Crippen molar-refractivity contribution < 1.29 is 0 Å². The number of aromatic nitrogens is 2. The molecular formula is C16H24N4S. The van der Waals surface area contributed by atoms with E-state index in [2.05, 4.69) is 41.7 Å². The quantitative estimate of drug-likeness (QED) is 0.935. The molecule has 1 aliphatic heterocycles. The van der Waals surface area contributed by atoms with Crippen molar-refractivity contribution in [3.05, 3.63) is 10.9 Å². The van der Waals surface area contributed by atoms with E-state index in [9.17, 15) is 0 Å². The second kappa shape index (κ2) is 5.44. The van der Waals surface area contributed by atoms with Crippen molar-refractivity contribution in [2.24, 2.45) is 5.41 Å². The van der Waals surface area contributed by atoms with E-state index in [0.717, 1.165) is 30.2 Å². The molecule has 0 unspecified atom stereocenters. The van der Waals surface area contributed by atoms with Crippen molar-refractivity contribution in [2.75, 3.05) is 23.7 Å². The van der Waals surface area contributed by atoms with Crippen LogP contribution in [0.15, 0.2) is 6.07 Å². The van der Waals surface area contributed by atoms with Crippen LogP contribution in [0.25, 0.3) is 10.2 Å². The Morgan fingerprint density at radius 3 is 2.62 bits per heavy atom. The highest BCUT2D eigenvalue weighted by atomic mass is 32.1. The van der Waals surface area contributed by atoms with Crippen LogP contribution in [-0.2, 0) is 6.42 Å². The number of aryl methyl sites for hydroxylation is 1. The molecule has 4 nitrogen and oxygen atoms in total. The summed E-state index contributed by atoms with van der Waals surface area (Å²) < 4.78 is 0. The molecule has 3 rings (SSSR count). The molecule has 0 aliphatic carbocycles. The highest BCUT2D eigenvalue weighted by Gasteiger charge is 2.29. The fraction of sp³-hybridized carbons (Fsp3) is 0.625. The Kier molecular flexibility index (Phi) is 3.78. The van der Waals surface area contributed by atoms with Crippen LogP contribution in [0.2, 0.25) is 0 Å². The van der Waals surface area contributed by atoms with Crippen molar-refractivity contribution in [3.63, 3.8) is 0 Å². The first kappa shape index (κ1) is 14.6. The number of rotatable bonds is 3. The largest absolute Gasteiger partial charge is 0.368 e. The molecule has 114 valence electrons. The van der Waals surface area contributed by atoms with Gasteiger partial charge in [0.2, 0.25) is 5.95 Å². The van der Waals surface area contributed by atoms with Crippen molar-refractivity contribution in [2.45, 2.75) is 46.5 Å². The molecule has 0 atom stereocenters. The maximum absolute atomic E-state index is 5.92. The summed E-state index contributed by atoms with van der Waals surface area (Å²) in [6, 6.07) is 2.24. The first-order valence-corrected chi connectivity index (χ1v) is 8.67. The zero-order valence-corrected chi connectivity index (χ0v) is 14.0. The molecule has 0 saturated carbocycles. The summed E-state index contributed by atoms with van der Waals surface area (Å²) in [5.41, 5.74) is 6.40. The maximum Gasteiger partial charge on any atom is 0.223 e. The van der Waals surface area contributed by atoms with E-state index in [1.165, 1.54) is 29.5 Å². The average molecular weight is 304 g/mol. The lowest BCUT2D eigenvalue weighted by molar-refractivity contribution is 0.238. The van der Waals surface area contributed by atoms with E-state index in [1.807, 2.05) is 0 Å². The van der Waals surface area contributed by atoms with Gasteiger partial charge in [0.15, 0.2) is 0 Å². The minimum Gasteiger partial charge on any atom is -0.368 e. The Balaban J connectivity index is 1.95. The second-order valence-electron chi connectivity index (χ2n) is 6.34. The van der Waals surface area contributed by atoms with Crippen LogP contribution >= 0.6 is 11.3 Å². The maximum atomic E-state index is 5.92. The van der Waals surface area contributed by atoms with Gasteiger partial charge in [0.25, 0.3) is 0 Å². The molecular weight excluding hydrogens is 280 g/mol. The Labute approximate surface area is 130 Å². The SMILES string of the molecule is CCc1cc2c(N3CCC(C)(CC)CC3)nc(N)nc2s1. The van der Waals surface area contributed by atoms with Crippen molar-refractivity contribution in [3.8, 4) is 0 Å². The molecule has 1 saturated heterocycles. The third-order valence-corrected chi connectivity index (χ3v) is 6.09. The summed E-state index contributed by atoms with van der Waals surface area (Å²) in [5.74, 6) is 1.43. The van der Waals surface area contributed by atoms with Gasteiger partial charge in [-0.05, 0) is 30.7 Å². The molecule has 2 N–H and O–H groups in total. The van der Waals surface area contributed by atoms with E-state index in [1.54, 1.807) is 11.3 Å². The van der Waals surface area contributed by atoms with E-state index in [4.69, 9.17) is 5.73 Å². The molecule has 0 amide bonds. The van der Waals surface area contributed by atoms with Gasteiger partial charge in [-0.3, -0.25) is 0 Å². The van der Waals surface area contributed by atoms with Crippen molar-refractivity contribution >= 4 is 33.3 Å². The molecule has 21 heavy (non-hydrogen) atoms. The molecule has 5 heteroatoms. The highest BCUT2D eigenvalue weighted by molar-refractivity contribution is 7.18.